The molecule has 1 atom stereocenters. The van der Waals surface area contributed by atoms with Gasteiger partial charge in [-0.3, -0.25) is 4.79 Å². The Labute approximate surface area is 131 Å². The van der Waals surface area contributed by atoms with E-state index in [0.29, 0.717) is 38.8 Å². The fourth-order valence-electron chi connectivity index (χ4n) is 2.23. The number of ketones is 1. The molecule has 22 heavy (non-hydrogen) atoms. The fraction of sp³-hybridized carbons (Fsp3) is 0.125. The highest BCUT2D eigenvalue weighted by molar-refractivity contribution is 6.31. The fourth-order valence-corrected chi connectivity index (χ4v) is 2.39. The average Bonchev–Trinajstić information content (AvgIpc) is 2.89. The first-order chi connectivity index (χ1) is 10.5. The summed E-state index contributed by atoms with van der Waals surface area (Å²) in [6, 6.07) is 9.66. The molecule has 0 aliphatic heterocycles. The molecule has 0 spiro atoms. The zero-order valence-electron chi connectivity index (χ0n) is 11.8. The lowest BCUT2D eigenvalue weighted by molar-refractivity contribution is 0.0969. The van der Waals surface area contributed by atoms with Crippen molar-refractivity contribution >= 4 is 34.2 Å². The largest absolute Gasteiger partial charge is 0.436 e. The number of nitrogens with zero attached hydrogens (tertiary/aromatic N) is 1. The SMILES string of the molecule is C[C@H](N)C(=O)c1cccc(-c2nc3cc(Cl)ccc3o2)c1N. The Hall–Kier alpha value is -2.37. The molecule has 0 bridgehead atoms. The molecule has 3 rings (SSSR count). The van der Waals surface area contributed by atoms with Crippen LogP contribution < -0.4 is 11.5 Å². The topological polar surface area (TPSA) is 95.1 Å². The molecule has 0 unspecified atom stereocenters. The van der Waals surface area contributed by atoms with E-state index in [9.17, 15) is 4.79 Å². The second-order valence-corrected chi connectivity index (χ2v) is 5.49. The molecule has 0 aliphatic rings. The number of carbonyl (C=O) groups excluding carboxylic acids is 1. The van der Waals surface area contributed by atoms with Crippen LogP contribution in [0.2, 0.25) is 5.02 Å². The third kappa shape index (κ3) is 2.45. The lowest BCUT2D eigenvalue weighted by Gasteiger charge is -2.09. The second-order valence-electron chi connectivity index (χ2n) is 5.05. The van der Waals surface area contributed by atoms with Crippen LogP contribution in [0.15, 0.2) is 40.8 Å². The van der Waals surface area contributed by atoms with E-state index in [4.69, 9.17) is 27.5 Å². The summed E-state index contributed by atoms with van der Waals surface area (Å²) in [5.41, 5.74) is 14.2. The van der Waals surface area contributed by atoms with Crippen molar-refractivity contribution in [2.24, 2.45) is 5.73 Å². The van der Waals surface area contributed by atoms with E-state index in [2.05, 4.69) is 4.98 Å². The van der Waals surface area contributed by atoms with Crippen LogP contribution in [0.1, 0.15) is 17.3 Å². The number of anilines is 1. The summed E-state index contributed by atoms with van der Waals surface area (Å²) in [4.78, 5) is 16.5. The van der Waals surface area contributed by atoms with Crippen molar-refractivity contribution in [3.8, 4) is 11.5 Å². The highest BCUT2D eigenvalue weighted by Crippen LogP contribution is 2.31. The number of nitrogen functional groups attached to an aromatic ring is 1. The molecular formula is C16H14ClN3O2. The van der Waals surface area contributed by atoms with E-state index < -0.39 is 6.04 Å². The smallest absolute Gasteiger partial charge is 0.229 e. The molecule has 5 nitrogen and oxygen atoms in total. The lowest BCUT2D eigenvalue weighted by Crippen LogP contribution is -2.27. The van der Waals surface area contributed by atoms with Crippen LogP contribution in [0.5, 0.6) is 0 Å². The van der Waals surface area contributed by atoms with Crippen molar-refractivity contribution in [3.63, 3.8) is 0 Å². The number of fused-ring (bicyclic) bond motifs is 1. The Bertz CT molecular complexity index is 871. The molecule has 4 N–H and O–H groups in total. The number of para-hydroxylation sites is 1. The van der Waals surface area contributed by atoms with Crippen molar-refractivity contribution < 1.29 is 9.21 Å². The predicted molar refractivity (Wildman–Crippen MR) is 86.8 cm³/mol. The van der Waals surface area contributed by atoms with Crippen molar-refractivity contribution in [2.45, 2.75) is 13.0 Å². The van der Waals surface area contributed by atoms with E-state index in [1.807, 2.05) is 0 Å². The van der Waals surface area contributed by atoms with Gasteiger partial charge in [0.1, 0.15) is 5.52 Å². The van der Waals surface area contributed by atoms with Gasteiger partial charge in [-0.25, -0.2) is 4.98 Å². The summed E-state index contributed by atoms with van der Waals surface area (Å²) in [6.07, 6.45) is 0. The van der Waals surface area contributed by atoms with Gasteiger partial charge >= 0.3 is 0 Å². The monoisotopic (exact) mass is 315 g/mol. The quantitative estimate of drug-likeness (QED) is 0.571. The molecule has 0 saturated heterocycles. The highest BCUT2D eigenvalue weighted by Gasteiger charge is 2.19. The van der Waals surface area contributed by atoms with Gasteiger partial charge in [0.15, 0.2) is 11.4 Å². The Morgan fingerprint density at radius 3 is 2.82 bits per heavy atom. The number of hydrogen-bond donors (Lipinski definition) is 2. The number of rotatable bonds is 3. The van der Waals surface area contributed by atoms with Crippen molar-refractivity contribution in [2.75, 3.05) is 5.73 Å². The molecule has 0 amide bonds. The highest BCUT2D eigenvalue weighted by atomic mass is 35.5. The van der Waals surface area contributed by atoms with Crippen LogP contribution in [0.25, 0.3) is 22.6 Å². The molecule has 0 radical (unpaired) electrons. The summed E-state index contributed by atoms with van der Waals surface area (Å²) in [5, 5.41) is 0.571. The Kier molecular flexibility index (Phi) is 3.60. The summed E-state index contributed by atoms with van der Waals surface area (Å²) in [5.74, 6) is 0.118. The summed E-state index contributed by atoms with van der Waals surface area (Å²) >= 11 is 5.94. The maximum Gasteiger partial charge on any atom is 0.229 e. The number of hydrogen-bond acceptors (Lipinski definition) is 5. The number of halogens is 1. The molecule has 0 saturated carbocycles. The Morgan fingerprint density at radius 2 is 2.09 bits per heavy atom. The maximum atomic E-state index is 12.1. The molecule has 2 aromatic carbocycles. The van der Waals surface area contributed by atoms with Crippen LogP contribution in [0.3, 0.4) is 0 Å². The van der Waals surface area contributed by atoms with Crippen LogP contribution in [-0.4, -0.2) is 16.8 Å². The number of nitrogens with two attached hydrogens (primary N) is 2. The molecule has 0 aliphatic carbocycles. The summed E-state index contributed by atoms with van der Waals surface area (Å²) < 4.78 is 5.69. The Morgan fingerprint density at radius 1 is 1.32 bits per heavy atom. The van der Waals surface area contributed by atoms with E-state index in [1.54, 1.807) is 43.3 Å². The van der Waals surface area contributed by atoms with Crippen molar-refractivity contribution in [1.29, 1.82) is 0 Å². The van der Waals surface area contributed by atoms with Gasteiger partial charge in [-0.05, 0) is 37.3 Å². The Balaban J connectivity index is 2.14. The predicted octanol–water partition coefficient (Wildman–Crippen LogP) is 3.26. The first-order valence-electron chi connectivity index (χ1n) is 6.72. The van der Waals surface area contributed by atoms with E-state index in [-0.39, 0.29) is 5.78 Å². The van der Waals surface area contributed by atoms with Crippen molar-refractivity contribution in [1.82, 2.24) is 4.98 Å². The van der Waals surface area contributed by atoms with Gasteiger partial charge in [0.2, 0.25) is 5.89 Å². The van der Waals surface area contributed by atoms with Gasteiger partial charge in [-0.15, -0.1) is 0 Å². The summed E-state index contributed by atoms with van der Waals surface area (Å²) in [6.45, 7) is 1.62. The van der Waals surface area contributed by atoms with Gasteiger partial charge in [-0.2, -0.15) is 0 Å². The standard InChI is InChI=1S/C16H14ClN3O2/c1-8(18)15(21)10-3-2-4-11(14(10)19)16-20-12-7-9(17)5-6-13(12)22-16/h2-8H,18-19H2,1H3/t8-/m0/s1. The summed E-state index contributed by atoms with van der Waals surface area (Å²) in [7, 11) is 0. The molecule has 6 heteroatoms. The van der Waals surface area contributed by atoms with Crippen molar-refractivity contribution in [3.05, 3.63) is 47.0 Å². The minimum absolute atomic E-state index is 0.224. The molecular weight excluding hydrogens is 302 g/mol. The van der Waals surface area contributed by atoms with E-state index in [0.717, 1.165) is 0 Å². The van der Waals surface area contributed by atoms with Gasteiger partial charge in [0.05, 0.1) is 17.3 Å². The average molecular weight is 316 g/mol. The van der Waals surface area contributed by atoms with Crippen LogP contribution in [0, 0.1) is 0 Å². The van der Waals surface area contributed by atoms with Crippen LogP contribution in [0.4, 0.5) is 5.69 Å². The maximum absolute atomic E-state index is 12.1. The van der Waals surface area contributed by atoms with Gasteiger partial charge in [0, 0.05) is 10.6 Å². The normalized spacial score (nSPS) is 12.5. The zero-order chi connectivity index (χ0) is 15.9. The number of benzene rings is 2. The second kappa shape index (κ2) is 5.44. The number of oxazole rings is 1. The molecule has 1 aromatic heterocycles. The van der Waals surface area contributed by atoms with Gasteiger partial charge in [-0.1, -0.05) is 17.7 Å². The molecule has 0 fully saturated rings. The first kappa shape index (κ1) is 14.6. The zero-order valence-corrected chi connectivity index (χ0v) is 12.6. The minimum atomic E-state index is -0.625. The van der Waals surface area contributed by atoms with Gasteiger partial charge in [0.25, 0.3) is 0 Å². The van der Waals surface area contributed by atoms with Gasteiger partial charge < -0.3 is 15.9 Å². The van der Waals surface area contributed by atoms with Crippen LogP contribution >= 0.6 is 11.6 Å². The number of Topliss-reactive ketones (excluding diaryl/α,β-unsaturated/α-hetero) is 1. The molecule has 1 heterocycles. The lowest BCUT2D eigenvalue weighted by atomic mass is 10.0. The number of aromatic nitrogens is 1. The molecule has 3 aromatic rings. The third-order valence-corrected chi connectivity index (χ3v) is 3.60. The molecule has 112 valence electrons. The van der Waals surface area contributed by atoms with Crippen LogP contribution in [-0.2, 0) is 0 Å². The first-order valence-corrected chi connectivity index (χ1v) is 7.10. The number of carbonyl (C=O) groups is 1. The van der Waals surface area contributed by atoms with E-state index in [1.165, 1.54) is 0 Å². The third-order valence-electron chi connectivity index (χ3n) is 3.37. The minimum Gasteiger partial charge on any atom is -0.436 e. The van der Waals surface area contributed by atoms with E-state index >= 15 is 0 Å².